The zero-order chi connectivity index (χ0) is 17.8. The van der Waals surface area contributed by atoms with E-state index in [1.54, 1.807) is 6.92 Å². The van der Waals surface area contributed by atoms with Crippen LogP contribution in [0.1, 0.15) is 37.6 Å². The maximum Gasteiger partial charge on any atom is 0.339 e. The molecule has 0 radical (unpaired) electrons. The molecule has 0 aliphatic heterocycles. The van der Waals surface area contributed by atoms with Crippen LogP contribution in [0.5, 0.6) is 0 Å². The van der Waals surface area contributed by atoms with Gasteiger partial charge in [0.1, 0.15) is 0 Å². The van der Waals surface area contributed by atoms with E-state index < -0.39 is 21.5 Å². The van der Waals surface area contributed by atoms with E-state index in [0.717, 1.165) is 0 Å². The average Bonchev–Trinajstić information content (AvgIpc) is 2.44. The van der Waals surface area contributed by atoms with Crippen molar-refractivity contribution in [1.82, 2.24) is 4.72 Å². The lowest BCUT2D eigenvalue weighted by Crippen LogP contribution is -2.51. The maximum atomic E-state index is 12.5. The first-order valence-electron chi connectivity index (χ1n) is 7.16. The smallest absolute Gasteiger partial charge is 0.339 e. The van der Waals surface area contributed by atoms with Gasteiger partial charge >= 0.3 is 5.97 Å². The molecule has 0 fully saturated rings. The van der Waals surface area contributed by atoms with Gasteiger partial charge in [-0.1, -0.05) is 25.4 Å². The monoisotopic (exact) mass is 398 g/mol. The number of carbonyl (C=O) groups is 1. The molecule has 0 heterocycles. The first-order chi connectivity index (χ1) is 10.5. The Bertz CT molecular complexity index is 680. The second kappa shape index (κ2) is 9.01. The Hall–Kier alpha value is -0.860. The SMILES string of the molecule is COC(=O)c1ccc(S(=O)(=O)NC(C)(CN)CC(C)C)cc1Cl.Cl. The summed E-state index contributed by atoms with van der Waals surface area (Å²) in [6, 6.07) is 3.86. The fourth-order valence-corrected chi connectivity index (χ4v) is 4.17. The van der Waals surface area contributed by atoms with E-state index in [2.05, 4.69) is 9.46 Å². The summed E-state index contributed by atoms with van der Waals surface area (Å²) in [5.41, 5.74) is 5.08. The summed E-state index contributed by atoms with van der Waals surface area (Å²) in [7, 11) is -2.59. The topological polar surface area (TPSA) is 98.5 Å². The van der Waals surface area contributed by atoms with Crippen LogP contribution in [0, 0.1) is 5.92 Å². The van der Waals surface area contributed by atoms with Crippen LogP contribution < -0.4 is 10.5 Å². The van der Waals surface area contributed by atoms with E-state index in [9.17, 15) is 13.2 Å². The third-order valence-electron chi connectivity index (χ3n) is 3.35. The molecule has 0 aliphatic carbocycles. The number of benzene rings is 1. The molecule has 24 heavy (non-hydrogen) atoms. The third kappa shape index (κ3) is 5.89. The Morgan fingerprint density at radius 1 is 1.42 bits per heavy atom. The van der Waals surface area contributed by atoms with Gasteiger partial charge in [-0.15, -0.1) is 12.4 Å². The van der Waals surface area contributed by atoms with Crippen molar-refractivity contribution < 1.29 is 17.9 Å². The van der Waals surface area contributed by atoms with E-state index >= 15 is 0 Å². The van der Waals surface area contributed by atoms with E-state index in [4.69, 9.17) is 17.3 Å². The molecule has 1 rings (SSSR count). The van der Waals surface area contributed by atoms with Crippen molar-refractivity contribution in [2.75, 3.05) is 13.7 Å². The number of methoxy groups -OCH3 is 1. The number of nitrogens with one attached hydrogen (secondary N) is 1. The van der Waals surface area contributed by atoms with Crippen molar-refractivity contribution in [2.24, 2.45) is 11.7 Å². The lowest BCUT2D eigenvalue weighted by molar-refractivity contribution is 0.0601. The minimum Gasteiger partial charge on any atom is -0.465 e. The fourth-order valence-electron chi connectivity index (χ4n) is 2.39. The van der Waals surface area contributed by atoms with E-state index in [1.807, 2.05) is 13.8 Å². The van der Waals surface area contributed by atoms with Gasteiger partial charge in [0.2, 0.25) is 10.0 Å². The summed E-state index contributed by atoms with van der Waals surface area (Å²) in [6.07, 6.45) is 0.594. The molecule has 0 spiro atoms. The van der Waals surface area contributed by atoms with Crippen LogP contribution >= 0.6 is 24.0 Å². The lowest BCUT2D eigenvalue weighted by atomic mass is 9.92. The van der Waals surface area contributed by atoms with Crippen LogP contribution in [0.3, 0.4) is 0 Å². The summed E-state index contributed by atoms with van der Waals surface area (Å²) in [5.74, 6) is -0.352. The van der Waals surface area contributed by atoms with Crippen LogP contribution in [0.4, 0.5) is 0 Å². The molecule has 1 unspecified atom stereocenters. The molecule has 9 heteroatoms. The molecule has 1 aromatic carbocycles. The summed E-state index contributed by atoms with van der Waals surface area (Å²) >= 11 is 5.98. The minimum absolute atomic E-state index is 0. The van der Waals surface area contributed by atoms with Gasteiger partial charge in [0.15, 0.2) is 0 Å². The molecule has 0 amide bonds. The van der Waals surface area contributed by atoms with Crippen LogP contribution in [0.2, 0.25) is 5.02 Å². The Balaban J connectivity index is 0.00000529. The molecular formula is C15H24Cl2N2O4S. The number of hydrogen-bond acceptors (Lipinski definition) is 5. The molecule has 0 saturated carbocycles. The molecule has 3 N–H and O–H groups in total. The van der Waals surface area contributed by atoms with Crippen molar-refractivity contribution in [1.29, 1.82) is 0 Å². The van der Waals surface area contributed by atoms with Gasteiger partial charge < -0.3 is 10.5 Å². The van der Waals surface area contributed by atoms with Gasteiger partial charge in [-0.25, -0.2) is 17.9 Å². The molecule has 1 aromatic rings. The summed E-state index contributed by atoms with van der Waals surface area (Å²) < 4.78 is 32.3. The van der Waals surface area contributed by atoms with Crippen molar-refractivity contribution in [3.05, 3.63) is 28.8 Å². The molecule has 0 bridgehead atoms. The minimum atomic E-state index is -3.81. The Labute approximate surface area is 154 Å². The van der Waals surface area contributed by atoms with Crippen molar-refractivity contribution in [2.45, 2.75) is 37.6 Å². The molecule has 0 aliphatic rings. The average molecular weight is 399 g/mol. The van der Waals surface area contributed by atoms with Gasteiger partial charge in [-0.2, -0.15) is 0 Å². The Morgan fingerprint density at radius 3 is 2.42 bits per heavy atom. The van der Waals surface area contributed by atoms with Gasteiger partial charge in [0.05, 0.1) is 22.6 Å². The predicted octanol–water partition coefficient (Wildman–Crippen LogP) is 2.59. The number of hydrogen-bond donors (Lipinski definition) is 2. The maximum absolute atomic E-state index is 12.5. The van der Waals surface area contributed by atoms with Gasteiger partial charge in [0.25, 0.3) is 0 Å². The zero-order valence-electron chi connectivity index (χ0n) is 14.1. The fraction of sp³-hybridized carbons (Fsp3) is 0.533. The summed E-state index contributed by atoms with van der Waals surface area (Å²) in [5, 5.41) is 0.0121. The van der Waals surface area contributed by atoms with Crippen LogP contribution in [-0.2, 0) is 14.8 Å². The molecule has 0 saturated heterocycles. The van der Waals surface area contributed by atoms with Crippen LogP contribution in [0.15, 0.2) is 23.1 Å². The number of halogens is 2. The first kappa shape index (κ1) is 23.1. The normalized spacial score (nSPS) is 14.0. The van der Waals surface area contributed by atoms with Crippen LogP contribution in [0.25, 0.3) is 0 Å². The highest BCUT2D eigenvalue weighted by Gasteiger charge is 2.30. The highest BCUT2D eigenvalue weighted by molar-refractivity contribution is 7.89. The number of rotatable bonds is 7. The second-order valence-corrected chi connectivity index (χ2v) is 8.19. The quantitative estimate of drug-likeness (QED) is 0.687. The third-order valence-corrected chi connectivity index (χ3v) is 5.29. The van der Waals surface area contributed by atoms with Gasteiger partial charge in [-0.3, -0.25) is 0 Å². The predicted molar refractivity (Wildman–Crippen MR) is 97.3 cm³/mol. The molecular weight excluding hydrogens is 375 g/mol. The summed E-state index contributed by atoms with van der Waals surface area (Å²) in [6.45, 7) is 5.90. The number of sulfonamides is 1. The highest BCUT2D eigenvalue weighted by atomic mass is 35.5. The summed E-state index contributed by atoms with van der Waals surface area (Å²) in [4.78, 5) is 11.5. The van der Waals surface area contributed by atoms with Crippen molar-refractivity contribution >= 4 is 40.0 Å². The molecule has 138 valence electrons. The van der Waals surface area contributed by atoms with E-state index in [-0.39, 0.29) is 40.4 Å². The second-order valence-electron chi connectivity index (χ2n) is 6.10. The standard InChI is InChI=1S/C15H23ClN2O4S.ClH/c1-10(2)8-15(3,9-17)18-23(20,21)11-5-6-12(13(16)7-11)14(19)22-4;/h5-7,10,18H,8-9,17H2,1-4H3;1H. The first-order valence-corrected chi connectivity index (χ1v) is 9.02. The number of esters is 1. The van der Waals surface area contributed by atoms with Crippen LogP contribution in [-0.4, -0.2) is 33.6 Å². The van der Waals surface area contributed by atoms with E-state index in [1.165, 1.54) is 25.3 Å². The largest absolute Gasteiger partial charge is 0.465 e. The van der Waals surface area contributed by atoms with E-state index in [0.29, 0.717) is 6.42 Å². The molecule has 0 aromatic heterocycles. The molecule has 1 atom stereocenters. The Morgan fingerprint density at radius 2 is 2.00 bits per heavy atom. The zero-order valence-corrected chi connectivity index (χ0v) is 16.5. The highest BCUT2D eigenvalue weighted by Crippen LogP contribution is 2.24. The van der Waals surface area contributed by atoms with Gasteiger partial charge in [-0.05, 0) is 37.5 Å². The molecule has 6 nitrogen and oxygen atoms in total. The number of ether oxygens (including phenoxy) is 1. The number of nitrogens with two attached hydrogens (primary N) is 1. The Kier molecular flexibility index (Phi) is 8.69. The van der Waals surface area contributed by atoms with Gasteiger partial charge in [0, 0.05) is 12.1 Å². The van der Waals surface area contributed by atoms with Crippen molar-refractivity contribution in [3.8, 4) is 0 Å². The van der Waals surface area contributed by atoms with Crippen molar-refractivity contribution in [3.63, 3.8) is 0 Å². The number of carbonyl (C=O) groups excluding carboxylic acids is 1. The lowest BCUT2D eigenvalue weighted by Gasteiger charge is -2.30.